The van der Waals surface area contributed by atoms with Gasteiger partial charge in [-0.05, 0) is 74.6 Å². The first-order valence-corrected chi connectivity index (χ1v) is 24.2. The first-order valence-electron chi connectivity index (χ1n) is 24.2. The number of carboxylic acids is 1. The highest BCUT2D eigenvalue weighted by atomic mass is 16.4. The summed E-state index contributed by atoms with van der Waals surface area (Å²) in [5, 5.41) is 41.1. The molecule has 0 spiro atoms. The number of likely N-dealkylation sites (tertiary alicyclic amines) is 1. The summed E-state index contributed by atoms with van der Waals surface area (Å²) in [5.74, 6) is -6.54. The van der Waals surface area contributed by atoms with Gasteiger partial charge >= 0.3 is 12.0 Å². The first kappa shape index (κ1) is 55.7. The SMILES string of the molecule is CNC(=O)N[C@@H](CCCN=C(N)N)C(=O)N[C@H]1CCC(=O)NCCCC[C@@H](C(=O)N[C@@H](Cc2cnc[nH]2)C(=O)N2CCC[C@H]2C(=O)N[C@H](Cc2ccccc2)C(=O)O)NC(=O)[C@H](Cc2ccc(O)cc2)NC1=O. The van der Waals surface area contributed by atoms with Gasteiger partial charge in [0.05, 0.1) is 6.33 Å². The van der Waals surface area contributed by atoms with Crippen LogP contribution < -0.4 is 54.0 Å². The Labute approximate surface area is 421 Å². The third-order valence-electron chi connectivity index (χ3n) is 12.3. The molecular weight excluding hydrogens is 949 g/mol. The fourth-order valence-corrected chi connectivity index (χ4v) is 8.41. The van der Waals surface area contributed by atoms with E-state index in [0.717, 1.165) is 0 Å². The molecule has 7 atom stereocenters. The van der Waals surface area contributed by atoms with Crippen molar-refractivity contribution in [2.75, 3.05) is 26.7 Å². The van der Waals surface area contributed by atoms with Crippen LogP contribution in [0.4, 0.5) is 4.79 Å². The molecule has 0 aliphatic carbocycles. The maximum Gasteiger partial charge on any atom is 0.326 e. The normalized spacial score (nSPS) is 19.9. The third kappa shape index (κ3) is 17.8. The quantitative estimate of drug-likeness (QED) is 0.0354. The predicted octanol–water partition coefficient (Wildman–Crippen LogP) is -1.93. The third-order valence-corrected chi connectivity index (χ3v) is 12.3. The van der Waals surface area contributed by atoms with Crippen LogP contribution in [0.25, 0.3) is 0 Å². The van der Waals surface area contributed by atoms with Crippen molar-refractivity contribution < 1.29 is 53.4 Å². The number of phenols is 1. The summed E-state index contributed by atoms with van der Waals surface area (Å²) in [6, 6.07) is 4.84. The number of aromatic nitrogens is 2. The number of urea groups is 1. The molecule has 0 unspecified atom stereocenters. The van der Waals surface area contributed by atoms with Crippen LogP contribution in [0.2, 0.25) is 0 Å². The molecule has 9 amide bonds. The summed E-state index contributed by atoms with van der Waals surface area (Å²) in [7, 11) is 1.35. The number of benzene rings is 2. The molecule has 73 heavy (non-hydrogen) atoms. The molecule has 5 rings (SSSR count). The van der Waals surface area contributed by atoms with Crippen molar-refractivity contribution in [3.63, 3.8) is 0 Å². The number of hydrogen-bond donors (Lipinski definition) is 13. The molecular formula is C48H66N14O11. The number of carboxylic acid groups (broad SMARTS) is 1. The van der Waals surface area contributed by atoms with Crippen LogP contribution >= 0.6 is 0 Å². The standard InChI is InChI=1S/C48H66N14O11/c1-51-48(73)61-33(12-7-21-54-47(49)50)41(66)57-34-18-19-39(64)53-20-6-5-11-32(56-43(68)35(58-42(34)67)23-29-14-16-31(63)17-15-29)40(65)59-36(25-30-26-52-27-55-30)45(70)62-22-8-13-38(62)44(69)60-37(46(71)72)24-28-9-3-2-4-10-28/h2-4,9-10,14-17,26-27,32-38,63H,5-8,11-13,18-25H2,1H3,(H,52,55)(H,53,64)(H,56,68)(H,57,66)(H,58,67)(H,59,65)(H,60,69)(H,71,72)(H4,49,50,54)(H2,51,61,73)/t32-,33-,34-,35-,36-,37+,38-/m0/s1. The van der Waals surface area contributed by atoms with Gasteiger partial charge in [-0.1, -0.05) is 42.5 Å². The molecule has 2 aromatic carbocycles. The Morgan fingerprint density at radius 3 is 2.26 bits per heavy atom. The molecule has 1 aromatic heterocycles. The molecule has 25 nitrogen and oxygen atoms in total. The van der Waals surface area contributed by atoms with E-state index in [2.05, 4.69) is 57.5 Å². The molecule has 2 saturated heterocycles. The molecule has 2 fully saturated rings. The summed E-state index contributed by atoms with van der Waals surface area (Å²) in [6.07, 6.45) is 3.68. The van der Waals surface area contributed by atoms with Crippen molar-refractivity contribution in [1.29, 1.82) is 0 Å². The lowest BCUT2D eigenvalue weighted by molar-refractivity contribution is -0.145. The van der Waals surface area contributed by atoms with E-state index in [9.17, 15) is 53.4 Å². The van der Waals surface area contributed by atoms with Crippen LogP contribution in [0.5, 0.6) is 5.75 Å². The number of nitrogens with zero attached hydrogens (tertiary/aromatic N) is 3. The second-order valence-electron chi connectivity index (χ2n) is 17.8. The van der Waals surface area contributed by atoms with E-state index in [4.69, 9.17) is 11.5 Å². The number of phenolic OH excluding ortho intramolecular Hbond substituents is 1. The largest absolute Gasteiger partial charge is 0.508 e. The average Bonchev–Trinajstić information content (AvgIpc) is 4.08. The number of aromatic hydroxyl groups is 1. The molecule has 0 bridgehead atoms. The summed E-state index contributed by atoms with van der Waals surface area (Å²) >= 11 is 0. The molecule has 2 aliphatic rings. The average molecular weight is 1020 g/mol. The van der Waals surface area contributed by atoms with Crippen LogP contribution in [0, 0.1) is 0 Å². The Balaban J connectivity index is 1.39. The Hall–Kier alpha value is -8.25. The number of nitrogens with two attached hydrogens (primary N) is 2. The van der Waals surface area contributed by atoms with E-state index >= 15 is 0 Å². The minimum Gasteiger partial charge on any atom is -0.508 e. The van der Waals surface area contributed by atoms with Gasteiger partial charge in [0.15, 0.2) is 5.96 Å². The zero-order chi connectivity index (χ0) is 52.9. The van der Waals surface area contributed by atoms with E-state index in [0.29, 0.717) is 29.7 Å². The molecule has 0 radical (unpaired) electrons. The number of carbonyl (C=O) groups excluding carboxylic acids is 8. The van der Waals surface area contributed by atoms with E-state index in [1.54, 1.807) is 30.3 Å². The van der Waals surface area contributed by atoms with Gasteiger partial charge in [-0.25, -0.2) is 14.6 Å². The maximum atomic E-state index is 14.6. The first-order chi connectivity index (χ1) is 35.0. The van der Waals surface area contributed by atoms with E-state index in [1.165, 1.54) is 48.7 Å². The number of amides is 9. The number of H-pyrrole nitrogens is 1. The van der Waals surface area contributed by atoms with Crippen molar-refractivity contribution in [3.8, 4) is 5.75 Å². The highest BCUT2D eigenvalue weighted by molar-refractivity contribution is 5.98. The molecule has 3 aromatic rings. The van der Waals surface area contributed by atoms with Gasteiger partial charge < -0.3 is 74.1 Å². The van der Waals surface area contributed by atoms with Crippen LogP contribution in [0.15, 0.2) is 72.1 Å². The lowest BCUT2D eigenvalue weighted by atomic mass is 10.0. The Morgan fingerprint density at radius 2 is 1.58 bits per heavy atom. The number of guanidine groups is 1. The van der Waals surface area contributed by atoms with Gasteiger partial charge in [-0.2, -0.15) is 0 Å². The Bertz CT molecular complexity index is 2400. The molecule has 3 heterocycles. The number of hydrogen-bond acceptors (Lipinski definition) is 12. The minimum atomic E-state index is -1.42. The van der Waals surface area contributed by atoms with Gasteiger partial charge in [0, 0.05) is 64.3 Å². The highest BCUT2D eigenvalue weighted by Crippen LogP contribution is 2.21. The van der Waals surface area contributed by atoms with Crippen molar-refractivity contribution >= 4 is 59.3 Å². The summed E-state index contributed by atoms with van der Waals surface area (Å²) in [6.45, 7) is 0.401. The molecule has 15 N–H and O–H groups in total. The second-order valence-corrected chi connectivity index (χ2v) is 17.8. The van der Waals surface area contributed by atoms with Crippen LogP contribution in [0.1, 0.15) is 74.6 Å². The number of aliphatic carboxylic acids is 1. The number of imidazole rings is 1. The summed E-state index contributed by atoms with van der Waals surface area (Å²) in [5.41, 5.74) is 12.5. The van der Waals surface area contributed by atoms with Gasteiger partial charge in [-0.15, -0.1) is 0 Å². The maximum absolute atomic E-state index is 14.6. The molecule has 0 saturated carbocycles. The van der Waals surface area contributed by atoms with Crippen molar-refractivity contribution in [2.24, 2.45) is 16.5 Å². The zero-order valence-electron chi connectivity index (χ0n) is 40.6. The minimum absolute atomic E-state index is 0.000631. The van der Waals surface area contributed by atoms with Gasteiger partial charge in [-0.3, -0.25) is 38.6 Å². The topological polar surface area (TPSA) is 387 Å². The monoisotopic (exact) mass is 1010 g/mol. The van der Waals surface area contributed by atoms with Gasteiger partial charge in [0.2, 0.25) is 41.4 Å². The zero-order valence-corrected chi connectivity index (χ0v) is 40.6. The van der Waals surface area contributed by atoms with Crippen LogP contribution in [-0.4, -0.2) is 153 Å². The van der Waals surface area contributed by atoms with Crippen LogP contribution in [0.3, 0.4) is 0 Å². The number of carbonyl (C=O) groups is 9. The van der Waals surface area contributed by atoms with E-state index in [-0.39, 0.29) is 95.6 Å². The number of aliphatic imine (C=N–C) groups is 1. The molecule has 25 heteroatoms. The molecule has 2 aliphatic heterocycles. The van der Waals surface area contributed by atoms with Gasteiger partial charge in [0.1, 0.15) is 48.0 Å². The fraction of sp³-hybridized carbons (Fsp3) is 0.479. The molecule has 394 valence electrons. The van der Waals surface area contributed by atoms with Crippen LogP contribution in [-0.2, 0) is 57.6 Å². The second kappa shape index (κ2) is 28.0. The van der Waals surface area contributed by atoms with Gasteiger partial charge in [0.25, 0.3) is 0 Å². The van der Waals surface area contributed by atoms with E-state index in [1.807, 2.05) is 0 Å². The number of nitrogens with one attached hydrogen (secondary N) is 9. The lowest BCUT2D eigenvalue weighted by Gasteiger charge is -2.30. The number of aromatic amines is 1. The van der Waals surface area contributed by atoms with E-state index < -0.39 is 95.6 Å². The van der Waals surface area contributed by atoms with Crippen molar-refractivity contribution in [3.05, 3.63) is 83.9 Å². The highest BCUT2D eigenvalue weighted by Gasteiger charge is 2.40. The number of rotatable bonds is 19. The lowest BCUT2D eigenvalue weighted by Crippen LogP contribution is -2.60. The Morgan fingerprint density at radius 1 is 0.836 bits per heavy atom. The summed E-state index contributed by atoms with van der Waals surface area (Å²) < 4.78 is 0. The predicted molar refractivity (Wildman–Crippen MR) is 264 cm³/mol. The fourth-order valence-electron chi connectivity index (χ4n) is 8.41. The van der Waals surface area contributed by atoms with Crippen molar-refractivity contribution in [2.45, 2.75) is 119 Å². The smallest absolute Gasteiger partial charge is 0.326 e. The summed E-state index contributed by atoms with van der Waals surface area (Å²) in [4.78, 5) is 135. The Kier molecular flexibility index (Phi) is 21.3. The van der Waals surface area contributed by atoms with Crippen molar-refractivity contribution in [1.82, 2.24) is 57.4 Å².